The molecule has 0 bridgehead atoms. The Balaban J connectivity index is 1.41. The monoisotopic (exact) mass is 375 g/mol. The maximum Gasteiger partial charge on any atom is 0.269 e. The van der Waals surface area contributed by atoms with Crippen molar-refractivity contribution in [2.75, 3.05) is 0 Å². The van der Waals surface area contributed by atoms with Gasteiger partial charge in [-0.3, -0.25) is 14.9 Å². The highest BCUT2D eigenvalue weighted by molar-refractivity contribution is 5.94. The van der Waals surface area contributed by atoms with Gasteiger partial charge in [-0.2, -0.15) is 5.10 Å². The first kappa shape index (κ1) is 16.7. The van der Waals surface area contributed by atoms with Gasteiger partial charge in [0, 0.05) is 22.8 Å². The zero-order valence-corrected chi connectivity index (χ0v) is 15.0. The van der Waals surface area contributed by atoms with Crippen LogP contribution in [0.5, 0.6) is 0 Å². The molecular formula is C21H18FN5O. The Labute approximate surface area is 160 Å². The molecule has 0 fully saturated rings. The molecule has 0 saturated carbocycles. The second-order valence-corrected chi connectivity index (χ2v) is 7.01. The molecular weight excluding hydrogens is 357 g/mol. The number of benzene rings is 1. The fraction of sp³-hybridized carbons (Fsp3) is 0.190. The van der Waals surface area contributed by atoms with Crippen LogP contribution < -0.4 is 5.32 Å². The molecule has 1 aliphatic rings. The molecule has 1 aromatic carbocycles. The van der Waals surface area contributed by atoms with Gasteiger partial charge in [-0.25, -0.2) is 4.39 Å². The van der Waals surface area contributed by atoms with E-state index in [2.05, 4.69) is 25.5 Å². The van der Waals surface area contributed by atoms with Crippen LogP contribution in [0.15, 0.2) is 48.7 Å². The van der Waals surface area contributed by atoms with Gasteiger partial charge in [0.2, 0.25) is 0 Å². The average Bonchev–Trinajstić information content (AvgIpc) is 3.34. The SMILES string of the molecule is O=C(NC1CCCc2c1[nH]c1ccc(F)cc21)c1cc(-c2ccccn2)n[nH]1. The number of hydrogen-bond donors (Lipinski definition) is 3. The molecule has 1 amide bonds. The Hall–Kier alpha value is -3.48. The van der Waals surface area contributed by atoms with Crippen molar-refractivity contribution in [3.8, 4) is 11.4 Å². The van der Waals surface area contributed by atoms with Crippen LogP contribution in [0.2, 0.25) is 0 Å². The van der Waals surface area contributed by atoms with E-state index in [0.717, 1.165) is 41.4 Å². The van der Waals surface area contributed by atoms with Crippen molar-refractivity contribution < 1.29 is 9.18 Å². The molecule has 140 valence electrons. The summed E-state index contributed by atoms with van der Waals surface area (Å²) in [5.74, 6) is -0.475. The summed E-state index contributed by atoms with van der Waals surface area (Å²) in [5.41, 5.74) is 4.66. The maximum absolute atomic E-state index is 13.7. The third-order valence-electron chi connectivity index (χ3n) is 5.22. The zero-order chi connectivity index (χ0) is 19.1. The van der Waals surface area contributed by atoms with Crippen molar-refractivity contribution in [3.63, 3.8) is 0 Å². The highest BCUT2D eigenvalue weighted by Crippen LogP contribution is 2.35. The number of pyridine rings is 1. The van der Waals surface area contributed by atoms with E-state index in [0.29, 0.717) is 17.1 Å². The van der Waals surface area contributed by atoms with Crippen LogP contribution >= 0.6 is 0 Å². The third kappa shape index (κ3) is 2.85. The van der Waals surface area contributed by atoms with E-state index in [9.17, 15) is 9.18 Å². The van der Waals surface area contributed by atoms with E-state index in [4.69, 9.17) is 0 Å². The molecule has 7 heteroatoms. The number of aryl methyl sites for hydroxylation is 1. The fourth-order valence-electron chi connectivity index (χ4n) is 3.90. The van der Waals surface area contributed by atoms with Crippen LogP contribution in [0.25, 0.3) is 22.3 Å². The summed E-state index contributed by atoms with van der Waals surface area (Å²) in [4.78, 5) is 20.4. The Morgan fingerprint density at radius 1 is 1.18 bits per heavy atom. The van der Waals surface area contributed by atoms with Gasteiger partial charge < -0.3 is 10.3 Å². The maximum atomic E-state index is 13.7. The number of H-pyrrole nitrogens is 2. The summed E-state index contributed by atoms with van der Waals surface area (Å²) in [6.45, 7) is 0. The normalized spacial score (nSPS) is 16.1. The largest absolute Gasteiger partial charge is 0.356 e. The second kappa shape index (κ2) is 6.60. The number of hydrogen-bond acceptors (Lipinski definition) is 3. The number of carbonyl (C=O) groups is 1. The smallest absolute Gasteiger partial charge is 0.269 e. The van der Waals surface area contributed by atoms with Gasteiger partial charge in [0.1, 0.15) is 17.2 Å². The summed E-state index contributed by atoms with van der Waals surface area (Å²) >= 11 is 0. The van der Waals surface area contributed by atoms with Crippen molar-refractivity contribution in [2.45, 2.75) is 25.3 Å². The summed E-state index contributed by atoms with van der Waals surface area (Å²) in [6.07, 6.45) is 4.32. The topological polar surface area (TPSA) is 86.5 Å². The highest BCUT2D eigenvalue weighted by atomic mass is 19.1. The predicted molar refractivity (Wildman–Crippen MR) is 103 cm³/mol. The van der Waals surface area contributed by atoms with Crippen molar-refractivity contribution in [2.24, 2.45) is 0 Å². The number of carbonyl (C=O) groups excluding carboxylic acids is 1. The van der Waals surface area contributed by atoms with Crippen molar-refractivity contribution in [1.82, 2.24) is 25.5 Å². The first-order valence-electron chi connectivity index (χ1n) is 9.27. The molecule has 0 radical (unpaired) electrons. The van der Waals surface area contributed by atoms with Gasteiger partial charge in [-0.1, -0.05) is 6.07 Å². The lowest BCUT2D eigenvalue weighted by Gasteiger charge is -2.23. The molecule has 28 heavy (non-hydrogen) atoms. The molecule has 3 N–H and O–H groups in total. The van der Waals surface area contributed by atoms with Gasteiger partial charge in [-0.05, 0) is 61.2 Å². The van der Waals surface area contributed by atoms with E-state index in [-0.39, 0.29) is 17.8 Å². The number of aromatic nitrogens is 4. The third-order valence-corrected chi connectivity index (χ3v) is 5.22. The number of fused-ring (bicyclic) bond motifs is 3. The molecule has 1 atom stereocenters. The highest BCUT2D eigenvalue weighted by Gasteiger charge is 2.26. The molecule has 0 saturated heterocycles. The zero-order valence-electron chi connectivity index (χ0n) is 15.0. The number of nitrogens with zero attached hydrogens (tertiary/aromatic N) is 2. The summed E-state index contributed by atoms with van der Waals surface area (Å²) in [7, 11) is 0. The van der Waals surface area contributed by atoms with Gasteiger partial charge in [0.15, 0.2) is 0 Å². The molecule has 3 aromatic heterocycles. The van der Waals surface area contributed by atoms with Crippen LogP contribution in [0.3, 0.4) is 0 Å². The van der Waals surface area contributed by atoms with Gasteiger partial charge in [0.25, 0.3) is 5.91 Å². The van der Waals surface area contributed by atoms with Crippen molar-refractivity contribution >= 4 is 16.8 Å². The van der Waals surface area contributed by atoms with Gasteiger partial charge in [-0.15, -0.1) is 0 Å². The molecule has 3 heterocycles. The Morgan fingerprint density at radius 3 is 2.96 bits per heavy atom. The van der Waals surface area contributed by atoms with Crippen LogP contribution in [0, 0.1) is 5.82 Å². The minimum absolute atomic E-state index is 0.145. The number of amides is 1. The van der Waals surface area contributed by atoms with E-state index in [1.54, 1.807) is 24.4 Å². The first-order valence-corrected chi connectivity index (χ1v) is 9.27. The molecule has 1 unspecified atom stereocenters. The molecule has 0 spiro atoms. The predicted octanol–water partition coefficient (Wildman–Crippen LogP) is 3.90. The Kier molecular flexibility index (Phi) is 3.93. The Bertz CT molecular complexity index is 1160. The van der Waals surface area contributed by atoms with Crippen molar-refractivity contribution in [1.29, 1.82) is 0 Å². The standard InChI is InChI=1S/C21H18FN5O/c22-12-7-8-15-14(10-12)13-4-3-6-17(20(13)24-15)25-21(28)19-11-18(26-27-19)16-5-1-2-9-23-16/h1-2,5,7-11,17,24H,3-4,6H2,(H,25,28)(H,26,27). The number of aromatic amines is 2. The lowest BCUT2D eigenvalue weighted by molar-refractivity contribution is 0.0927. The minimum Gasteiger partial charge on any atom is -0.356 e. The van der Waals surface area contributed by atoms with Crippen LogP contribution in [-0.2, 0) is 6.42 Å². The van der Waals surface area contributed by atoms with Gasteiger partial charge >= 0.3 is 0 Å². The summed E-state index contributed by atoms with van der Waals surface area (Å²) in [6, 6.07) is 11.8. The van der Waals surface area contributed by atoms with E-state index < -0.39 is 0 Å². The average molecular weight is 375 g/mol. The minimum atomic E-state index is -0.250. The molecule has 0 aliphatic heterocycles. The first-order chi connectivity index (χ1) is 13.7. The summed E-state index contributed by atoms with van der Waals surface area (Å²) in [5, 5.41) is 11.0. The lowest BCUT2D eigenvalue weighted by atomic mass is 9.91. The number of halogens is 1. The van der Waals surface area contributed by atoms with Gasteiger partial charge in [0.05, 0.1) is 11.7 Å². The summed E-state index contributed by atoms with van der Waals surface area (Å²) < 4.78 is 13.7. The van der Waals surface area contributed by atoms with Crippen LogP contribution in [0.4, 0.5) is 4.39 Å². The number of rotatable bonds is 3. The fourth-order valence-corrected chi connectivity index (χ4v) is 3.90. The molecule has 6 nitrogen and oxygen atoms in total. The quantitative estimate of drug-likeness (QED) is 0.508. The van der Waals surface area contributed by atoms with E-state index >= 15 is 0 Å². The number of nitrogens with one attached hydrogen (secondary N) is 3. The molecule has 1 aliphatic carbocycles. The molecule has 5 rings (SSSR count). The lowest BCUT2D eigenvalue weighted by Crippen LogP contribution is -2.31. The van der Waals surface area contributed by atoms with Crippen molar-refractivity contribution in [3.05, 3.63) is 71.4 Å². The van der Waals surface area contributed by atoms with Crippen LogP contribution in [0.1, 0.15) is 40.6 Å². The van der Waals surface area contributed by atoms with Crippen LogP contribution in [-0.4, -0.2) is 26.1 Å². The second-order valence-electron chi connectivity index (χ2n) is 7.01. The molecule has 4 aromatic rings. The van der Waals surface area contributed by atoms with E-state index in [1.807, 2.05) is 18.2 Å². The Morgan fingerprint density at radius 2 is 2.11 bits per heavy atom. The van der Waals surface area contributed by atoms with E-state index in [1.165, 1.54) is 6.07 Å².